The number of ether oxygens (including phenoxy) is 2. The van der Waals surface area contributed by atoms with Crippen molar-refractivity contribution in [1.29, 1.82) is 0 Å². The smallest absolute Gasteiger partial charge is 0.335 e. The Morgan fingerprint density at radius 3 is 2.52 bits per heavy atom. The van der Waals surface area contributed by atoms with Crippen LogP contribution in [0.1, 0.15) is 17.9 Å². The van der Waals surface area contributed by atoms with Crippen molar-refractivity contribution in [2.75, 3.05) is 6.26 Å². The zero-order valence-corrected chi connectivity index (χ0v) is 18.8. The molecule has 3 heterocycles. The number of alkyl halides is 1. The first-order valence-corrected chi connectivity index (χ1v) is 11.6. The first kappa shape index (κ1) is 21.7. The van der Waals surface area contributed by atoms with E-state index in [0.717, 1.165) is 5.56 Å². The van der Waals surface area contributed by atoms with Crippen molar-refractivity contribution >= 4 is 29.3 Å². The van der Waals surface area contributed by atoms with Crippen molar-refractivity contribution in [2.24, 2.45) is 5.73 Å². The lowest BCUT2D eigenvalue weighted by Crippen LogP contribution is -2.62. The predicted molar refractivity (Wildman–Crippen MR) is 122 cm³/mol. The van der Waals surface area contributed by atoms with Gasteiger partial charge in [-0.25, -0.2) is 9.78 Å². The van der Waals surface area contributed by atoms with Gasteiger partial charge in [-0.15, -0.1) is 23.4 Å². The molecule has 0 saturated carbocycles. The Kier molecular flexibility index (Phi) is 6.27. The van der Waals surface area contributed by atoms with E-state index in [1.165, 1.54) is 11.8 Å². The molecule has 3 aromatic rings. The number of carbonyl (C=O) groups is 1. The lowest BCUT2D eigenvalue weighted by atomic mass is 9.87. The highest BCUT2D eigenvalue weighted by Crippen LogP contribution is 2.34. The van der Waals surface area contributed by atoms with Crippen LogP contribution < -0.4 is 15.2 Å². The maximum absolute atomic E-state index is 13.2. The second-order valence-electron chi connectivity index (χ2n) is 7.45. The highest BCUT2D eigenvalue weighted by Gasteiger charge is 2.48. The van der Waals surface area contributed by atoms with Crippen molar-refractivity contribution in [1.82, 2.24) is 4.98 Å². The molecule has 8 heteroatoms. The number of thioether (sulfide) groups is 1. The summed E-state index contributed by atoms with van der Waals surface area (Å²) in [4.78, 5) is 17.8. The van der Waals surface area contributed by atoms with Gasteiger partial charge >= 0.3 is 5.97 Å². The topological polar surface area (TPSA) is 87.6 Å². The molecule has 1 aromatic heterocycles. The van der Waals surface area contributed by atoms with Gasteiger partial charge in [0.1, 0.15) is 23.4 Å². The highest BCUT2D eigenvalue weighted by molar-refractivity contribution is 8.00. The molecule has 3 atom stereocenters. The van der Waals surface area contributed by atoms with Gasteiger partial charge in [0.15, 0.2) is 5.54 Å². The van der Waals surface area contributed by atoms with Crippen LogP contribution in [0.25, 0.3) is 11.5 Å². The van der Waals surface area contributed by atoms with Gasteiger partial charge in [-0.1, -0.05) is 18.2 Å². The van der Waals surface area contributed by atoms with Gasteiger partial charge in [-0.3, -0.25) is 0 Å². The molecule has 2 aliphatic rings. The van der Waals surface area contributed by atoms with Crippen LogP contribution in [0.15, 0.2) is 59.0 Å². The summed E-state index contributed by atoms with van der Waals surface area (Å²) in [6.45, 7) is 1.83. The van der Waals surface area contributed by atoms with Crippen LogP contribution in [0.3, 0.4) is 0 Å². The number of rotatable bonds is 6. The van der Waals surface area contributed by atoms with Gasteiger partial charge < -0.3 is 19.6 Å². The van der Waals surface area contributed by atoms with E-state index in [1.54, 1.807) is 24.3 Å². The number of hydrogen-bond donors (Lipinski definition) is 1. The Labute approximate surface area is 190 Å². The van der Waals surface area contributed by atoms with Gasteiger partial charge in [-0.2, -0.15) is 0 Å². The summed E-state index contributed by atoms with van der Waals surface area (Å²) in [7, 11) is 0. The van der Waals surface area contributed by atoms with Gasteiger partial charge in [0.25, 0.3) is 0 Å². The van der Waals surface area contributed by atoms with Crippen LogP contribution in [0.2, 0.25) is 0 Å². The lowest BCUT2D eigenvalue weighted by Gasteiger charge is -2.35. The number of hydrogen-bond acceptors (Lipinski definition) is 7. The van der Waals surface area contributed by atoms with Crippen LogP contribution in [0.5, 0.6) is 11.5 Å². The third-order valence-electron chi connectivity index (χ3n) is 5.31. The molecule has 162 valence electrons. The monoisotopic (exact) mass is 458 g/mol. The predicted octanol–water partition coefficient (Wildman–Crippen LogP) is 4.57. The van der Waals surface area contributed by atoms with Crippen molar-refractivity contribution in [3.63, 3.8) is 0 Å². The van der Waals surface area contributed by atoms with E-state index in [2.05, 4.69) is 4.98 Å². The fourth-order valence-corrected chi connectivity index (χ4v) is 4.17. The van der Waals surface area contributed by atoms with E-state index in [1.807, 2.05) is 43.5 Å². The van der Waals surface area contributed by atoms with Crippen molar-refractivity contribution < 1.29 is 18.7 Å². The minimum atomic E-state index is -1.48. The first-order chi connectivity index (χ1) is 14.9. The number of fused-ring (bicyclic) bond motifs is 6. The summed E-state index contributed by atoms with van der Waals surface area (Å²) >= 11 is 7.81. The van der Waals surface area contributed by atoms with E-state index >= 15 is 0 Å². The van der Waals surface area contributed by atoms with E-state index in [-0.39, 0.29) is 12.8 Å². The average Bonchev–Trinajstić information content (AvgIpc) is 3.17. The largest absolute Gasteiger partial charge is 0.487 e. The first-order valence-electron chi connectivity index (χ1n) is 9.85. The number of halogens is 1. The normalized spacial score (nSPS) is 21.5. The van der Waals surface area contributed by atoms with Crippen LogP contribution in [-0.4, -0.2) is 33.6 Å². The molecule has 0 radical (unpaired) electrons. The van der Waals surface area contributed by atoms with E-state index < -0.39 is 22.3 Å². The number of aryl methyl sites for hydroxylation is 1. The second-order valence-corrected chi connectivity index (χ2v) is 9.28. The molecule has 2 N–H and O–H groups in total. The third kappa shape index (κ3) is 4.59. The Morgan fingerprint density at radius 1 is 1.16 bits per heavy atom. The molecule has 2 aromatic carbocycles. The summed E-state index contributed by atoms with van der Waals surface area (Å²) < 4.78 is 17.3. The molecule has 0 aliphatic carbocycles. The molecule has 0 saturated heterocycles. The maximum Gasteiger partial charge on any atom is 0.335 e. The van der Waals surface area contributed by atoms with Crippen molar-refractivity contribution in [3.8, 4) is 23.0 Å². The van der Waals surface area contributed by atoms with Gasteiger partial charge in [0.2, 0.25) is 5.89 Å². The van der Waals surface area contributed by atoms with Crippen LogP contribution >= 0.6 is 23.4 Å². The fraction of sp³-hybridized carbons (Fsp3) is 0.304. The molecule has 2 bridgehead atoms. The standard InChI is InChI=1S/C23H23ClN2O4S/c1-14-18(26-21(28-14)15-6-4-3-5-7-15)12-19-23(25,13-20(24)31-2)22(27)30-17-10-8-16(29-19)9-11-17/h3-11,19-20H,12-13,25H2,1-2H3. The summed E-state index contributed by atoms with van der Waals surface area (Å²) in [6.07, 6.45) is 1.53. The zero-order valence-electron chi connectivity index (χ0n) is 17.2. The summed E-state index contributed by atoms with van der Waals surface area (Å²) in [5.41, 5.74) is 6.74. The highest BCUT2D eigenvalue weighted by atomic mass is 35.5. The Balaban J connectivity index is 1.71. The molecule has 6 nitrogen and oxygen atoms in total. The van der Waals surface area contributed by atoms with Crippen LogP contribution in [0.4, 0.5) is 0 Å². The average molecular weight is 459 g/mol. The Bertz CT molecular complexity index is 1060. The Morgan fingerprint density at radius 2 is 1.84 bits per heavy atom. The summed E-state index contributed by atoms with van der Waals surface area (Å²) in [6, 6.07) is 16.5. The van der Waals surface area contributed by atoms with Crippen molar-refractivity contribution in [2.45, 2.75) is 36.1 Å². The minimum Gasteiger partial charge on any atom is -0.487 e. The number of carbonyl (C=O) groups excluding carboxylic acids is 1. The quantitative estimate of drug-likeness (QED) is 0.328. The summed E-state index contributed by atoms with van der Waals surface area (Å²) in [5, 5.41) is 0. The number of oxazole rings is 1. The van der Waals surface area contributed by atoms with Crippen LogP contribution in [0, 0.1) is 6.92 Å². The number of nitrogens with zero attached hydrogens (tertiary/aromatic N) is 1. The number of esters is 1. The molecule has 3 unspecified atom stereocenters. The molecule has 0 fully saturated rings. The van der Waals surface area contributed by atoms with Gasteiger partial charge in [0, 0.05) is 18.4 Å². The number of benzene rings is 2. The summed E-state index contributed by atoms with van der Waals surface area (Å²) in [5.74, 6) is 1.55. The van der Waals surface area contributed by atoms with E-state index in [9.17, 15) is 4.79 Å². The van der Waals surface area contributed by atoms with E-state index in [4.69, 9.17) is 31.2 Å². The molecular weight excluding hydrogens is 436 g/mol. The van der Waals surface area contributed by atoms with E-state index in [0.29, 0.717) is 28.8 Å². The van der Waals surface area contributed by atoms with Crippen molar-refractivity contribution in [3.05, 3.63) is 66.1 Å². The van der Waals surface area contributed by atoms with Gasteiger partial charge in [0.05, 0.1) is 10.4 Å². The molecule has 2 aliphatic heterocycles. The second kappa shape index (κ2) is 8.94. The zero-order chi connectivity index (χ0) is 22.0. The fourth-order valence-electron chi connectivity index (χ4n) is 3.47. The maximum atomic E-state index is 13.2. The molecule has 0 amide bonds. The Hall–Kier alpha value is -2.48. The van der Waals surface area contributed by atoms with Gasteiger partial charge in [-0.05, 0) is 49.6 Å². The third-order valence-corrected chi connectivity index (χ3v) is 6.68. The minimum absolute atomic E-state index is 0.169. The molecule has 5 rings (SSSR count). The molecular formula is C23H23ClN2O4S. The lowest BCUT2D eigenvalue weighted by molar-refractivity contribution is -0.144. The van der Waals surface area contributed by atoms with Crippen LogP contribution in [-0.2, 0) is 11.2 Å². The molecule has 31 heavy (non-hydrogen) atoms. The number of nitrogens with two attached hydrogens (primary N) is 1. The SMILES string of the molecule is CSC(Cl)CC1(N)C(=O)Oc2ccc(cc2)OC1Cc1nc(-c2ccccc2)oc1C. The number of aromatic nitrogens is 1. The molecule has 0 spiro atoms.